The van der Waals surface area contributed by atoms with E-state index in [9.17, 15) is 8.42 Å². The van der Waals surface area contributed by atoms with Crippen molar-refractivity contribution >= 4 is 15.5 Å². The fourth-order valence-electron chi connectivity index (χ4n) is 2.20. The topological polar surface area (TPSA) is 46.2 Å². The Morgan fingerprint density at radius 1 is 1.33 bits per heavy atom. The SMILES string of the molecule is CCS(=O)(=O)c1ccccc1NCC1CC1(C)C. The number of benzene rings is 1. The van der Waals surface area contributed by atoms with Crippen molar-refractivity contribution in [2.75, 3.05) is 17.6 Å². The van der Waals surface area contributed by atoms with Gasteiger partial charge in [-0.15, -0.1) is 0 Å². The molecule has 1 fully saturated rings. The van der Waals surface area contributed by atoms with Crippen LogP contribution in [0.15, 0.2) is 29.2 Å². The van der Waals surface area contributed by atoms with E-state index in [0.717, 1.165) is 12.2 Å². The summed E-state index contributed by atoms with van der Waals surface area (Å²) in [7, 11) is -3.15. The predicted octanol–water partition coefficient (Wildman–Crippen LogP) is 2.94. The summed E-state index contributed by atoms with van der Waals surface area (Å²) in [6.07, 6.45) is 1.21. The zero-order valence-electron chi connectivity index (χ0n) is 11.2. The molecule has 1 N–H and O–H groups in total. The van der Waals surface area contributed by atoms with Gasteiger partial charge in [0.05, 0.1) is 16.3 Å². The summed E-state index contributed by atoms with van der Waals surface area (Å²) in [6.45, 7) is 7.02. The highest BCUT2D eigenvalue weighted by Crippen LogP contribution is 2.51. The van der Waals surface area contributed by atoms with Gasteiger partial charge in [0.15, 0.2) is 9.84 Å². The fraction of sp³-hybridized carbons (Fsp3) is 0.571. The smallest absolute Gasteiger partial charge is 0.180 e. The van der Waals surface area contributed by atoms with Gasteiger partial charge >= 0.3 is 0 Å². The molecule has 2 rings (SSSR count). The third-order valence-electron chi connectivity index (χ3n) is 3.86. The molecule has 1 saturated carbocycles. The molecule has 1 unspecified atom stereocenters. The first-order valence-electron chi connectivity index (χ1n) is 6.42. The van der Waals surface area contributed by atoms with E-state index in [4.69, 9.17) is 0 Å². The van der Waals surface area contributed by atoms with E-state index in [1.54, 1.807) is 19.1 Å². The van der Waals surface area contributed by atoms with Gasteiger partial charge in [0.2, 0.25) is 0 Å². The van der Waals surface area contributed by atoms with Crippen molar-refractivity contribution in [1.82, 2.24) is 0 Å². The molecule has 0 radical (unpaired) electrons. The summed E-state index contributed by atoms with van der Waals surface area (Å²) in [5, 5.41) is 3.29. The monoisotopic (exact) mass is 267 g/mol. The van der Waals surface area contributed by atoms with Crippen molar-refractivity contribution < 1.29 is 8.42 Å². The van der Waals surface area contributed by atoms with Gasteiger partial charge in [-0.05, 0) is 29.9 Å². The molecule has 1 aromatic carbocycles. The summed E-state index contributed by atoms with van der Waals surface area (Å²) in [5.41, 5.74) is 1.15. The van der Waals surface area contributed by atoms with Crippen LogP contribution < -0.4 is 5.32 Å². The lowest BCUT2D eigenvalue weighted by atomic mass is 10.1. The van der Waals surface area contributed by atoms with E-state index in [-0.39, 0.29) is 5.75 Å². The molecule has 4 heteroatoms. The fourth-order valence-corrected chi connectivity index (χ4v) is 3.27. The van der Waals surface area contributed by atoms with Crippen LogP contribution in [0.25, 0.3) is 0 Å². The molecular formula is C14H21NO2S. The van der Waals surface area contributed by atoms with Gasteiger partial charge in [-0.2, -0.15) is 0 Å². The minimum absolute atomic E-state index is 0.139. The maximum Gasteiger partial charge on any atom is 0.180 e. The van der Waals surface area contributed by atoms with Gasteiger partial charge < -0.3 is 5.32 Å². The second-order valence-corrected chi connectivity index (χ2v) is 7.92. The molecule has 0 amide bonds. The van der Waals surface area contributed by atoms with Crippen LogP contribution in [0, 0.1) is 11.3 Å². The first-order valence-corrected chi connectivity index (χ1v) is 8.08. The molecule has 0 aromatic heterocycles. The van der Waals surface area contributed by atoms with Crippen LogP contribution in [0.4, 0.5) is 5.69 Å². The Hall–Kier alpha value is -1.03. The predicted molar refractivity (Wildman–Crippen MR) is 74.5 cm³/mol. The molecule has 0 bridgehead atoms. The largest absolute Gasteiger partial charge is 0.384 e. The van der Waals surface area contributed by atoms with Crippen molar-refractivity contribution in [2.24, 2.45) is 11.3 Å². The number of anilines is 1. The maximum atomic E-state index is 12.0. The number of hydrogen-bond donors (Lipinski definition) is 1. The van der Waals surface area contributed by atoms with E-state index < -0.39 is 9.84 Å². The molecule has 0 spiro atoms. The third-order valence-corrected chi connectivity index (χ3v) is 5.64. The van der Waals surface area contributed by atoms with E-state index in [2.05, 4.69) is 19.2 Å². The van der Waals surface area contributed by atoms with Crippen LogP contribution in [0.2, 0.25) is 0 Å². The average Bonchev–Trinajstić information content (AvgIpc) is 2.95. The molecular weight excluding hydrogens is 246 g/mol. The Balaban J connectivity index is 2.14. The van der Waals surface area contributed by atoms with Crippen LogP contribution in [0.1, 0.15) is 27.2 Å². The number of nitrogens with one attached hydrogen (secondary N) is 1. The Labute approximate surface area is 110 Å². The van der Waals surface area contributed by atoms with Crippen molar-refractivity contribution in [3.8, 4) is 0 Å². The van der Waals surface area contributed by atoms with Gasteiger partial charge in [-0.1, -0.05) is 32.9 Å². The summed E-state index contributed by atoms with van der Waals surface area (Å²) in [6, 6.07) is 7.17. The van der Waals surface area contributed by atoms with Gasteiger partial charge in [0.1, 0.15) is 0 Å². The van der Waals surface area contributed by atoms with E-state index in [1.165, 1.54) is 6.42 Å². The molecule has 0 saturated heterocycles. The summed E-state index contributed by atoms with van der Waals surface area (Å²) in [4.78, 5) is 0.422. The summed E-state index contributed by atoms with van der Waals surface area (Å²) >= 11 is 0. The molecule has 1 aromatic rings. The number of para-hydroxylation sites is 1. The van der Waals surface area contributed by atoms with Gasteiger partial charge in [-0.25, -0.2) is 8.42 Å². The van der Waals surface area contributed by atoms with Crippen LogP contribution in [0.5, 0.6) is 0 Å². The molecule has 100 valence electrons. The normalized spacial score (nSPS) is 21.6. The molecule has 18 heavy (non-hydrogen) atoms. The molecule has 1 atom stereocenters. The van der Waals surface area contributed by atoms with E-state index in [0.29, 0.717) is 16.2 Å². The Kier molecular flexibility index (Phi) is 3.41. The van der Waals surface area contributed by atoms with E-state index in [1.807, 2.05) is 12.1 Å². The number of hydrogen-bond acceptors (Lipinski definition) is 3. The highest BCUT2D eigenvalue weighted by Gasteiger charge is 2.45. The minimum Gasteiger partial charge on any atom is -0.384 e. The molecule has 1 aliphatic carbocycles. The zero-order chi connectivity index (χ0) is 13.4. The minimum atomic E-state index is -3.15. The maximum absolute atomic E-state index is 12.0. The first-order chi connectivity index (χ1) is 8.37. The van der Waals surface area contributed by atoms with Crippen LogP contribution in [-0.2, 0) is 9.84 Å². The van der Waals surface area contributed by atoms with Crippen molar-refractivity contribution in [3.63, 3.8) is 0 Å². The third kappa shape index (κ3) is 2.69. The van der Waals surface area contributed by atoms with Crippen LogP contribution >= 0.6 is 0 Å². The quantitative estimate of drug-likeness (QED) is 0.892. The highest BCUT2D eigenvalue weighted by atomic mass is 32.2. The molecule has 3 nitrogen and oxygen atoms in total. The second-order valence-electron chi connectivity index (χ2n) is 5.67. The van der Waals surface area contributed by atoms with Crippen LogP contribution in [0.3, 0.4) is 0 Å². The molecule has 0 aliphatic heterocycles. The highest BCUT2D eigenvalue weighted by molar-refractivity contribution is 7.91. The van der Waals surface area contributed by atoms with Crippen molar-refractivity contribution in [1.29, 1.82) is 0 Å². The van der Waals surface area contributed by atoms with Gasteiger partial charge in [-0.3, -0.25) is 0 Å². The Morgan fingerprint density at radius 3 is 2.50 bits per heavy atom. The van der Waals surface area contributed by atoms with Crippen molar-refractivity contribution in [3.05, 3.63) is 24.3 Å². The van der Waals surface area contributed by atoms with Crippen LogP contribution in [-0.4, -0.2) is 20.7 Å². The standard InChI is InChI=1S/C14H21NO2S/c1-4-18(16,17)13-8-6-5-7-12(13)15-10-11-9-14(11,2)3/h5-8,11,15H,4,9-10H2,1-3H3. The number of rotatable bonds is 5. The lowest BCUT2D eigenvalue weighted by Gasteiger charge is -2.12. The van der Waals surface area contributed by atoms with Gasteiger partial charge in [0.25, 0.3) is 0 Å². The van der Waals surface area contributed by atoms with E-state index >= 15 is 0 Å². The molecule has 1 aliphatic rings. The number of sulfone groups is 1. The van der Waals surface area contributed by atoms with Gasteiger partial charge in [0, 0.05) is 6.54 Å². The summed E-state index contributed by atoms with van der Waals surface area (Å²) in [5.74, 6) is 0.788. The molecule has 0 heterocycles. The zero-order valence-corrected chi connectivity index (χ0v) is 12.0. The lowest BCUT2D eigenvalue weighted by Crippen LogP contribution is -2.12. The Bertz CT molecular complexity index is 534. The average molecular weight is 267 g/mol. The lowest BCUT2D eigenvalue weighted by molar-refractivity contribution is 0.572. The summed E-state index contributed by atoms with van der Waals surface area (Å²) < 4.78 is 23.9. The Morgan fingerprint density at radius 2 is 1.94 bits per heavy atom. The second kappa shape index (κ2) is 4.57. The van der Waals surface area contributed by atoms with Crippen molar-refractivity contribution in [2.45, 2.75) is 32.1 Å². The first kappa shape index (κ1) is 13.4.